The third-order valence-corrected chi connectivity index (χ3v) is 2.39. The van der Waals surface area contributed by atoms with Gasteiger partial charge in [-0.1, -0.05) is 6.92 Å². The van der Waals surface area contributed by atoms with Gasteiger partial charge in [0.05, 0.1) is 6.10 Å². The number of hydrogen-bond acceptors (Lipinski definition) is 2. The smallest absolute Gasteiger partial charge is 0.303 e. The summed E-state index contributed by atoms with van der Waals surface area (Å²) in [7, 11) is 0. The van der Waals surface area contributed by atoms with Crippen LogP contribution >= 0.6 is 0 Å². The first-order valence-corrected chi connectivity index (χ1v) is 4.55. The second-order valence-corrected chi connectivity index (χ2v) is 3.39. The summed E-state index contributed by atoms with van der Waals surface area (Å²) >= 11 is 0. The zero-order valence-electron chi connectivity index (χ0n) is 7.45. The fourth-order valence-electron chi connectivity index (χ4n) is 1.68. The van der Waals surface area contributed by atoms with Crippen LogP contribution in [0.1, 0.15) is 32.6 Å². The van der Waals surface area contributed by atoms with Gasteiger partial charge in [0, 0.05) is 13.0 Å². The fourth-order valence-corrected chi connectivity index (χ4v) is 1.68. The monoisotopic (exact) mass is 172 g/mol. The molecule has 0 bridgehead atoms. The molecular formula is C9H16O3. The zero-order valence-corrected chi connectivity index (χ0v) is 7.45. The molecule has 0 amide bonds. The standard InChI is InChI=1S/C9H16O3/c1-2-8-5-7(3-4-12-8)6-9(10)11/h7-8H,2-6H2,1H3,(H,10,11)/t7-,8+/m0/s1. The molecule has 0 unspecified atom stereocenters. The minimum atomic E-state index is -0.684. The topological polar surface area (TPSA) is 46.5 Å². The summed E-state index contributed by atoms with van der Waals surface area (Å²) in [6, 6.07) is 0. The second-order valence-electron chi connectivity index (χ2n) is 3.39. The Morgan fingerprint density at radius 3 is 3.00 bits per heavy atom. The summed E-state index contributed by atoms with van der Waals surface area (Å²) in [6.07, 6.45) is 3.42. The molecule has 70 valence electrons. The van der Waals surface area contributed by atoms with Gasteiger partial charge in [-0.05, 0) is 25.2 Å². The molecule has 0 aromatic carbocycles. The summed E-state index contributed by atoms with van der Waals surface area (Å²) < 4.78 is 5.45. The highest BCUT2D eigenvalue weighted by molar-refractivity contribution is 5.67. The van der Waals surface area contributed by atoms with Crippen LogP contribution < -0.4 is 0 Å². The van der Waals surface area contributed by atoms with Crippen LogP contribution in [0.5, 0.6) is 0 Å². The van der Waals surface area contributed by atoms with E-state index >= 15 is 0 Å². The molecule has 3 nitrogen and oxygen atoms in total. The fraction of sp³-hybridized carbons (Fsp3) is 0.889. The number of carboxylic acids is 1. The van der Waals surface area contributed by atoms with E-state index < -0.39 is 5.97 Å². The Labute approximate surface area is 72.7 Å². The number of hydrogen-bond donors (Lipinski definition) is 1. The molecule has 1 N–H and O–H groups in total. The SMILES string of the molecule is CC[C@@H]1C[C@@H](CC(=O)O)CCO1. The first-order chi connectivity index (χ1) is 5.72. The molecule has 2 atom stereocenters. The highest BCUT2D eigenvalue weighted by atomic mass is 16.5. The quantitative estimate of drug-likeness (QED) is 0.704. The number of carbonyl (C=O) groups is 1. The molecule has 0 aromatic rings. The highest BCUT2D eigenvalue weighted by Crippen LogP contribution is 2.24. The minimum absolute atomic E-state index is 0.295. The van der Waals surface area contributed by atoms with Gasteiger partial charge < -0.3 is 9.84 Å². The van der Waals surface area contributed by atoms with Crippen LogP contribution in [0.25, 0.3) is 0 Å². The van der Waals surface area contributed by atoms with E-state index in [1.165, 1.54) is 0 Å². The van der Waals surface area contributed by atoms with Gasteiger partial charge >= 0.3 is 5.97 Å². The van der Waals surface area contributed by atoms with Gasteiger partial charge in [0.25, 0.3) is 0 Å². The average molecular weight is 172 g/mol. The largest absolute Gasteiger partial charge is 0.481 e. The maximum atomic E-state index is 10.4. The maximum Gasteiger partial charge on any atom is 0.303 e. The predicted octanol–water partition coefficient (Wildman–Crippen LogP) is 1.67. The molecule has 0 radical (unpaired) electrons. The molecule has 12 heavy (non-hydrogen) atoms. The molecule has 1 rings (SSSR count). The van der Waals surface area contributed by atoms with Crippen molar-refractivity contribution in [3.63, 3.8) is 0 Å². The van der Waals surface area contributed by atoms with E-state index in [0.717, 1.165) is 25.9 Å². The molecule has 1 heterocycles. The Balaban J connectivity index is 2.30. The molecule has 1 aliphatic rings. The number of rotatable bonds is 3. The number of ether oxygens (including phenoxy) is 1. The molecule has 0 saturated carbocycles. The number of aliphatic carboxylic acids is 1. The molecule has 1 fully saturated rings. The van der Waals surface area contributed by atoms with Crippen LogP contribution in [0.4, 0.5) is 0 Å². The third-order valence-electron chi connectivity index (χ3n) is 2.39. The van der Waals surface area contributed by atoms with Gasteiger partial charge in [0.1, 0.15) is 0 Å². The molecule has 1 aliphatic heterocycles. The van der Waals surface area contributed by atoms with E-state index in [1.807, 2.05) is 0 Å². The van der Waals surface area contributed by atoms with E-state index in [1.54, 1.807) is 0 Å². The predicted molar refractivity (Wildman–Crippen MR) is 45.0 cm³/mol. The van der Waals surface area contributed by atoms with Gasteiger partial charge in [-0.15, -0.1) is 0 Å². The summed E-state index contributed by atoms with van der Waals surface area (Å²) in [5, 5.41) is 8.58. The van der Waals surface area contributed by atoms with Crippen LogP contribution in [0.3, 0.4) is 0 Å². The Bertz CT molecular complexity index is 156. The van der Waals surface area contributed by atoms with Crippen molar-refractivity contribution in [2.45, 2.75) is 38.7 Å². The van der Waals surface area contributed by atoms with Crippen LogP contribution in [0.2, 0.25) is 0 Å². The summed E-state index contributed by atoms with van der Waals surface area (Å²) in [5.41, 5.74) is 0. The normalized spacial score (nSPS) is 30.1. The van der Waals surface area contributed by atoms with E-state index in [-0.39, 0.29) is 0 Å². The van der Waals surface area contributed by atoms with Crippen molar-refractivity contribution in [1.29, 1.82) is 0 Å². The van der Waals surface area contributed by atoms with Crippen molar-refractivity contribution >= 4 is 5.97 Å². The summed E-state index contributed by atoms with van der Waals surface area (Å²) in [5.74, 6) is -0.349. The van der Waals surface area contributed by atoms with Crippen molar-refractivity contribution in [2.24, 2.45) is 5.92 Å². The summed E-state index contributed by atoms with van der Waals surface area (Å²) in [6.45, 7) is 2.81. The first-order valence-electron chi connectivity index (χ1n) is 4.55. The Kier molecular flexibility index (Phi) is 3.53. The van der Waals surface area contributed by atoms with Crippen molar-refractivity contribution in [2.75, 3.05) is 6.61 Å². The molecule has 1 saturated heterocycles. The Hall–Kier alpha value is -0.570. The molecule has 0 aliphatic carbocycles. The lowest BCUT2D eigenvalue weighted by molar-refractivity contribution is -0.139. The van der Waals surface area contributed by atoms with Gasteiger partial charge in [0.15, 0.2) is 0 Å². The third kappa shape index (κ3) is 2.81. The molecule has 0 spiro atoms. The lowest BCUT2D eigenvalue weighted by Crippen LogP contribution is -2.26. The zero-order chi connectivity index (χ0) is 8.97. The molecule has 3 heteroatoms. The van der Waals surface area contributed by atoms with Crippen molar-refractivity contribution < 1.29 is 14.6 Å². The van der Waals surface area contributed by atoms with Gasteiger partial charge in [-0.3, -0.25) is 4.79 Å². The molecule has 0 aromatic heterocycles. The van der Waals surface area contributed by atoms with E-state index in [2.05, 4.69) is 6.92 Å². The van der Waals surface area contributed by atoms with Crippen LogP contribution in [-0.2, 0) is 9.53 Å². The van der Waals surface area contributed by atoms with Crippen molar-refractivity contribution in [3.05, 3.63) is 0 Å². The highest BCUT2D eigenvalue weighted by Gasteiger charge is 2.22. The minimum Gasteiger partial charge on any atom is -0.481 e. The Morgan fingerprint density at radius 2 is 2.42 bits per heavy atom. The van der Waals surface area contributed by atoms with E-state index in [0.29, 0.717) is 18.4 Å². The van der Waals surface area contributed by atoms with Crippen LogP contribution in [-0.4, -0.2) is 23.8 Å². The van der Waals surface area contributed by atoms with Crippen molar-refractivity contribution in [3.8, 4) is 0 Å². The van der Waals surface area contributed by atoms with Gasteiger partial charge in [0.2, 0.25) is 0 Å². The van der Waals surface area contributed by atoms with Gasteiger partial charge in [-0.25, -0.2) is 0 Å². The van der Waals surface area contributed by atoms with Crippen molar-refractivity contribution in [1.82, 2.24) is 0 Å². The summed E-state index contributed by atoms with van der Waals surface area (Å²) in [4.78, 5) is 10.4. The Morgan fingerprint density at radius 1 is 1.67 bits per heavy atom. The lowest BCUT2D eigenvalue weighted by atomic mass is 9.92. The van der Waals surface area contributed by atoms with Crippen LogP contribution in [0.15, 0.2) is 0 Å². The number of carboxylic acid groups (broad SMARTS) is 1. The first kappa shape index (κ1) is 9.52. The van der Waals surface area contributed by atoms with E-state index in [4.69, 9.17) is 9.84 Å². The van der Waals surface area contributed by atoms with Crippen LogP contribution in [0, 0.1) is 5.92 Å². The molecular weight excluding hydrogens is 156 g/mol. The lowest BCUT2D eigenvalue weighted by Gasteiger charge is -2.27. The maximum absolute atomic E-state index is 10.4. The van der Waals surface area contributed by atoms with Gasteiger partial charge in [-0.2, -0.15) is 0 Å². The average Bonchev–Trinajstić information content (AvgIpc) is 2.03. The van der Waals surface area contributed by atoms with E-state index in [9.17, 15) is 4.79 Å². The second kappa shape index (κ2) is 4.45.